The standard InChI is InChI=1S/C15H17N3S2/c1-10-7-20-13-12(10)17-9-18-14(13)16-8-15(2,3)11-5-4-6-19-11/h4-7,9H,8H2,1-3H3,(H,16,17,18). The van der Waals surface area contributed by atoms with Gasteiger partial charge in [-0.25, -0.2) is 9.97 Å². The van der Waals surface area contributed by atoms with E-state index in [0.717, 1.165) is 22.6 Å². The van der Waals surface area contributed by atoms with E-state index >= 15 is 0 Å². The Morgan fingerprint density at radius 3 is 2.85 bits per heavy atom. The predicted octanol–water partition coefficient (Wildman–Crippen LogP) is 4.45. The molecule has 3 nitrogen and oxygen atoms in total. The van der Waals surface area contributed by atoms with Crippen LogP contribution in [0.25, 0.3) is 10.2 Å². The molecule has 0 radical (unpaired) electrons. The molecular weight excluding hydrogens is 286 g/mol. The smallest absolute Gasteiger partial charge is 0.147 e. The Labute approximate surface area is 126 Å². The predicted molar refractivity (Wildman–Crippen MR) is 88.0 cm³/mol. The second-order valence-corrected chi connectivity index (χ2v) is 7.36. The molecule has 0 aliphatic rings. The van der Waals surface area contributed by atoms with Gasteiger partial charge < -0.3 is 5.32 Å². The topological polar surface area (TPSA) is 37.8 Å². The van der Waals surface area contributed by atoms with Gasteiger partial charge in [0.2, 0.25) is 0 Å². The minimum Gasteiger partial charge on any atom is -0.368 e. The number of hydrogen-bond donors (Lipinski definition) is 1. The average molecular weight is 303 g/mol. The summed E-state index contributed by atoms with van der Waals surface area (Å²) >= 11 is 3.51. The largest absolute Gasteiger partial charge is 0.368 e. The molecule has 5 heteroatoms. The highest BCUT2D eigenvalue weighted by molar-refractivity contribution is 7.18. The molecule has 3 heterocycles. The van der Waals surface area contributed by atoms with E-state index in [-0.39, 0.29) is 5.41 Å². The fourth-order valence-electron chi connectivity index (χ4n) is 2.15. The maximum absolute atomic E-state index is 4.40. The van der Waals surface area contributed by atoms with Crippen LogP contribution in [-0.2, 0) is 5.41 Å². The Morgan fingerprint density at radius 2 is 2.10 bits per heavy atom. The van der Waals surface area contributed by atoms with Crippen LogP contribution in [0.3, 0.4) is 0 Å². The van der Waals surface area contributed by atoms with Gasteiger partial charge in [0, 0.05) is 16.8 Å². The SMILES string of the molecule is Cc1csc2c(NCC(C)(C)c3cccs3)ncnc12. The van der Waals surface area contributed by atoms with E-state index in [1.807, 2.05) is 0 Å². The zero-order chi connectivity index (χ0) is 14.2. The number of anilines is 1. The number of aromatic nitrogens is 2. The number of aryl methyl sites for hydroxylation is 1. The maximum Gasteiger partial charge on any atom is 0.147 e. The Hall–Kier alpha value is -1.46. The lowest BCUT2D eigenvalue weighted by Gasteiger charge is -2.24. The van der Waals surface area contributed by atoms with Gasteiger partial charge in [-0.1, -0.05) is 19.9 Å². The number of nitrogens with zero attached hydrogens (tertiary/aromatic N) is 2. The molecule has 20 heavy (non-hydrogen) atoms. The van der Waals surface area contributed by atoms with E-state index in [1.165, 1.54) is 10.4 Å². The molecule has 0 saturated carbocycles. The Morgan fingerprint density at radius 1 is 1.25 bits per heavy atom. The lowest BCUT2D eigenvalue weighted by molar-refractivity contribution is 0.568. The van der Waals surface area contributed by atoms with Crippen molar-refractivity contribution in [3.05, 3.63) is 39.7 Å². The Bertz CT molecular complexity index is 714. The molecule has 1 N–H and O–H groups in total. The first-order valence-electron chi connectivity index (χ1n) is 6.54. The van der Waals surface area contributed by atoms with Crippen molar-refractivity contribution in [2.45, 2.75) is 26.2 Å². The van der Waals surface area contributed by atoms with Crippen molar-refractivity contribution in [1.29, 1.82) is 0 Å². The van der Waals surface area contributed by atoms with Gasteiger partial charge in [0.25, 0.3) is 0 Å². The van der Waals surface area contributed by atoms with Gasteiger partial charge in [0.1, 0.15) is 12.1 Å². The number of fused-ring (bicyclic) bond motifs is 1. The van der Waals surface area contributed by atoms with Gasteiger partial charge in [-0.05, 0) is 29.3 Å². The number of thiophene rings is 2. The van der Waals surface area contributed by atoms with Crippen molar-refractivity contribution in [2.75, 3.05) is 11.9 Å². The molecular formula is C15H17N3S2. The molecule has 104 valence electrons. The first-order valence-corrected chi connectivity index (χ1v) is 8.30. The van der Waals surface area contributed by atoms with Crippen LogP contribution in [0.1, 0.15) is 24.3 Å². The molecule has 0 aliphatic carbocycles. The van der Waals surface area contributed by atoms with Crippen LogP contribution in [0.5, 0.6) is 0 Å². The highest BCUT2D eigenvalue weighted by Crippen LogP contribution is 2.31. The molecule has 0 atom stereocenters. The average Bonchev–Trinajstić information content (AvgIpc) is 3.07. The van der Waals surface area contributed by atoms with Crippen LogP contribution < -0.4 is 5.32 Å². The molecule has 3 rings (SSSR count). The van der Waals surface area contributed by atoms with Gasteiger partial charge in [-0.3, -0.25) is 0 Å². The summed E-state index contributed by atoms with van der Waals surface area (Å²) in [6.07, 6.45) is 1.64. The third-order valence-electron chi connectivity index (χ3n) is 3.42. The Balaban J connectivity index is 1.84. The van der Waals surface area contributed by atoms with Crippen molar-refractivity contribution >= 4 is 38.7 Å². The summed E-state index contributed by atoms with van der Waals surface area (Å²) in [5.41, 5.74) is 2.37. The monoisotopic (exact) mass is 303 g/mol. The lowest BCUT2D eigenvalue weighted by atomic mass is 9.91. The van der Waals surface area contributed by atoms with Crippen molar-refractivity contribution in [3.63, 3.8) is 0 Å². The molecule has 0 bridgehead atoms. The van der Waals surface area contributed by atoms with Crippen LogP contribution >= 0.6 is 22.7 Å². The minimum atomic E-state index is 0.0950. The number of hydrogen-bond acceptors (Lipinski definition) is 5. The summed E-state index contributed by atoms with van der Waals surface area (Å²) in [6.45, 7) is 7.45. The van der Waals surface area contributed by atoms with E-state index in [4.69, 9.17) is 0 Å². The first kappa shape index (κ1) is 13.5. The van der Waals surface area contributed by atoms with Crippen LogP contribution in [0.2, 0.25) is 0 Å². The number of nitrogens with one attached hydrogen (secondary N) is 1. The molecule has 3 aromatic heterocycles. The normalized spacial score (nSPS) is 11.9. The van der Waals surface area contributed by atoms with Crippen LogP contribution in [0.15, 0.2) is 29.2 Å². The van der Waals surface area contributed by atoms with Gasteiger partial charge in [0.15, 0.2) is 0 Å². The van der Waals surface area contributed by atoms with Crippen LogP contribution in [0, 0.1) is 6.92 Å². The van der Waals surface area contributed by atoms with Gasteiger partial charge in [-0.2, -0.15) is 0 Å². The van der Waals surface area contributed by atoms with Crippen molar-refractivity contribution in [1.82, 2.24) is 9.97 Å². The highest BCUT2D eigenvalue weighted by Gasteiger charge is 2.22. The summed E-state index contributed by atoms with van der Waals surface area (Å²) in [4.78, 5) is 10.1. The minimum absolute atomic E-state index is 0.0950. The van der Waals surface area contributed by atoms with Crippen molar-refractivity contribution in [2.24, 2.45) is 0 Å². The van der Waals surface area contributed by atoms with Gasteiger partial charge in [-0.15, -0.1) is 22.7 Å². The van der Waals surface area contributed by atoms with E-state index in [2.05, 4.69) is 58.9 Å². The zero-order valence-electron chi connectivity index (χ0n) is 11.8. The summed E-state index contributed by atoms with van der Waals surface area (Å²) in [7, 11) is 0. The highest BCUT2D eigenvalue weighted by atomic mass is 32.1. The fourth-order valence-corrected chi connectivity index (χ4v) is 3.97. The fraction of sp³-hybridized carbons (Fsp3) is 0.333. The third-order valence-corrected chi connectivity index (χ3v) is 5.75. The number of rotatable bonds is 4. The lowest BCUT2D eigenvalue weighted by Crippen LogP contribution is -2.26. The van der Waals surface area contributed by atoms with Gasteiger partial charge in [0.05, 0.1) is 10.2 Å². The molecule has 0 aromatic carbocycles. The zero-order valence-corrected chi connectivity index (χ0v) is 13.4. The third kappa shape index (κ3) is 2.43. The second-order valence-electron chi connectivity index (χ2n) is 5.53. The maximum atomic E-state index is 4.40. The van der Waals surface area contributed by atoms with Crippen molar-refractivity contribution < 1.29 is 0 Å². The molecule has 0 amide bonds. The summed E-state index contributed by atoms with van der Waals surface area (Å²) < 4.78 is 1.15. The van der Waals surface area contributed by atoms with E-state index in [0.29, 0.717) is 0 Å². The molecule has 3 aromatic rings. The first-order chi connectivity index (χ1) is 9.58. The molecule has 0 spiro atoms. The van der Waals surface area contributed by atoms with Crippen LogP contribution in [-0.4, -0.2) is 16.5 Å². The second kappa shape index (κ2) is 5.14. The summed E-state index contributed by atoms with van der Waals surface area (Å²) in [5.74, 6) is 0.942. The molecule has 0 fully saturated rings. The summed E-state index contributed by atoms with van der Waals surface area (Å²) in [6, 6.07) is 4.30. The van der Waals surface area contributed by atoms with E-state index < -0.39 is 0 Å². The van der Waals surface area contributed by atoms with Crippen LogP contribution in [0.4, 0.5) is 5.82 Å². The van der Waals surface area contributed by atoms with E-state index in [1.54, 1.807) is 29.0 Å². The molecule has 0 saturated heterocycles. The van der Waals surface area contributed by atoms with Gasteiger partial charge >= 0.3 is 0 Å². The summed E-state index contributed by atoms with van der Waals surface area (Å²) in [5, 5.41) is 7.76. The Kier molecular flexibility index (Phi) is 3.48. The van der Waals surface area contributed by atoms with Crippen molar-refractivity contribution in [3.8, 4) is 0 Å². The molecule has 0 aliphatic heterocycles. The quantitative estimate of drug-likeness (QED) is 0.773. The van der Waals surface area contributed by atoms with E-state index in [9.17, 15) is 0 Å². The molecule has 0 unspecified atom stereocenters.